The SMILES string of the molecule is O=C1C=[N+]([O-])CO1. The number of ether oxygens (including phenoxy) is 1. The molecule has 0 unspecified atom stereocenters. The number of cyclic esters (lactones) is 1. The van der Waals surface area contributed by atoms with Crippen LogP contribution in [-0.2, 0) is 9.53 Å². The summed E-state index contributed by atoms with van der Waals surface area (Å²) in [6, 6.07) is 0. The zero-order chi connectivity index (χ0) is 5.28. The number of carbonyl (C=O) groups excluding carboxylic acids is 1. The first-order chi connectivity index (χ1) is 3.29. The Labute approximate surface area is 39.6 Å². The molecule has 1 aliphatic heterocycles. The first kappa shape index (κ1) is 4.11. The minimum Gasteiger partial charge on any atom is -0.621 e. The van der Waals surface area contributed by atoms with Crippen molar-refractivity contribution >= 4 is 12.2 Å². The number of carbonyl (C=O) groups is 1. The van der Waals surface area contributed by atoms with Crippen LogP contribution in [0.15, 0.2) is 0 Å². The van der Waals surface area contributed by atoms with Gasteiger partial charge in [-0.2, -0.15) is 4.74 Å². The van der Waals surface area contributed by atoms with Gasteiger partial charge in [0.1, 0.15) is 0 Å². The second kappa shape index (κ2) is 1.22. The normalized spacial score (nSPS) is 18.9. The highest BCUT2D eigenvalue weighted by Crippen LogP contribution is 1.83. The van der Waals surface area contributed by atoms with Gasteiger partial charge < -0.3 is 9.94 Å². The lowest BCUT2D eigenvalue weighted by molar-refractivity contribution is -0.480. The van der Waals surface area contributed by atoms with Crippen molar-refractivity contribution in [3.63, 3.8) is 0 Å². The molecular weight excluding hydrogens is 98.0 g/mol. The van der Waals surface area contributed by atoms with Gasteiger partial charge in [-0.1, -0.05) is 0 Å². The Morgan fingerprint density at radius 1 is 2.00 bits per heavy atom. The number of hydroxylamine groups is 1. The third kappa shape index (κ3) is 0.677. The van der Waals surface area contributed by atoms with E-state index in [1.54, 1.807) is 0 Å². The average molecular weight is 101 g/mol. The molecular formula is C3H3NO3. The van der Waals surface area contributed by atoms with Crippen molar-refractivity contribution in [2.24, 2.45) is 0 Å². The molecule has 1 heterocycles. The molecule has 0 amide bonds. The van der Waals surface area contributed by atoms with E-state index in [0.717, 1.165) is 6.21 Å². The fourth-order valence-corrected chi connectivity index (χ4v) is 0.319. The fourth-order valence-electron chi connectivity index (χ4n) is 0.319. The lowest BCUT2D eigenvalue weighted by Crippen LogP contribution is -1.96. The smallest absolute Gasteiger partial charge is 0.401 e. The van der Waals surface area contributed by atoms with Gasteiger partial charge in [-0.15, -0.1) is 0 Å². The lowest BCUT2D eigenvalue weighted by atomic mass is 10.8. The molecule has 0 bridgehead atoms. The first-order valence-electron chi connectivity index (χ1n) is 1.74. The average Bonchev–Trinajstić information content (AvgIpc) is 1.87. The molecule has 4 heteroatoms. The molecule has 0 aliphatic carbocycles. The molecule has 38 valence electrons. The fraction of sp³-hybridized carbons (Fsp3) is 0.333. The number of nitrogens with zero attached hydrogens (tertiary/aromatic N) is 1. The van der Waals surface area contributed by atoms with Crippen LogP contribution >= 0.6 is 0 Å². The van der Waals surface area contributed by atoms with Crippen LogP contribution in [0.1, 0.15) is 0 Å². The van der Waals surface area contributed by atoms with Crippen molar-refractivity contribution in [1.29, 1.82) is 0 Å². The van der Waals surface area contributed by atoms with Crippen LogP contribution in [0, 0.1) is 5.21 Å². The molecule has 0 spiro atoms. The van der Waals surface area contributed by atoms with Gasteiger partial charge in [-0.05, 0) is 0 Å². The summed E-state index contributed by atoms with van der Waals surface area (Å²) in [7, 11) is 0. The van der Waals surface area contributed by atoms with Crippen LogP contribution in [0.5, 0.6) is 0 Å². The van der Waals surface area contributed by atoms with Crippen molar-refractivity contribution in [1.82, 2.24) is 0 Å². The Hall–Kier alpha value is -1.06. The summed E-state index contributed by atoms with van der Waals surface area (Å²) in [4.78, 5) is 9.93. The summed E-state index contributed by atoms with van der Waals surface area (Å²) in [6.07, 6.45) is 0.861. The van der Waals surface area contributed by atoms with Crippen LogP contribution in [0.4, 0.5) is 0 Å². The van der Waals surface area contributed by atoms with E-state index in [-0.39, 0.29) is 6.73 Å². The summed E-state index contributed by atoms with van der Waals surface area (Å²) in [5, 5.41) is 9.97. The van der Waals surface area contributed by atoms with E-state index in [1.165, 1.54) is 0 Å². The van der Waals surface area contributed by atoms with Crippen LogP contribution in [0.2, 0.25) is 0 Å². The molecule has 0 N–H and O–H groups in total. The second-order valence-corrected chi connectivity index (χ2v) is 1.14. The Morgan fingerprint density at radius 3 is 2.86 bits per heavy atom. The van der Waals surface area contributed by atoms with Gasteiger partial charge in [0.15, 0.2) is 0 Å². The quantitative estimate of drug-likeness (QED) is 0.225. The van der Waals surface area contributed by atoms with E-state index in [9.17, 15) is 10.0 Å². The van der Waals surface area contributed by atoms with Gasteiger partial charge in [0.25, 0.3) is 6.21 Å². The summed E-state index contributed by atoms with van der Waals surface area (Å²) < 4.78 is 4.62. The molecule has 0 atom stereocenters. The van der Waals surface area contributed by atoms with Crippen LogP contribution in [-0.4, -0.2) is 23.7 Å². The summed E-state index contributed by atoms with van der Waals surface area (Å²) in [5.41, 5.74) is 0. The Balaban J connectivity index is 2.67. The minimum atomic E-state index is -0.560. The molecule has 0 saturated carbocycles. The van der Waals surface area contributed by atoms with Crippen LogP contribution < -0.4 is 0 Å². The molecule has 0 aromatic rings. The lowest BCUT2D eigenvalue weighted by Gasteiger charge is -1.88. The minimum absolute atomic E-state index is 0.154. The molecule has 7 heavy (non-hydrogen) atoms. The predicted octanol–water partition coefficient (Wildman–Crippen LogP) is -0.918. The first-order valence-corrected chi connectivity index (χ1v) is 1.74. The van der Waals surface area contributed by atoms with Gasteiger partial charge in [0.2, 0.25) is 0 Å². The van der Waals surface area contributed by atoms with Gasteiger partial charge in [0, 0.05) is 0 Å². The van der Waals surface area contributed by atoms with E-state index in [2.05, 4.69) is 4.74 Å². The van der Waals surface area contributed by atoms with Gasteiger partial charge in [-0.25, -0.2) is 4.79 Å². The van der Waals surface area contributed by atoms with Crippen LogP contribution in [0.25, 0.3) is 0 Å². The number of esters is 1. The molecule has 1 aliphatic rings. The van der Waals surface area contributed by atoms with Crippen molar-refractivity contribution in [3.8, 4) is 0 Å². The van der Waals surface area contributed by atoms with Gasteiger partial charge in [0.05, 0.1) is 0 Å². The van der Waals surface area contributed by atoms with Crippen molar-refractivity contribution in [2.45, 2.75) is 0 Å². The molecule has 0 fully saturated rings. The largest absolute Gasteiger partial charge is 0.621 e. The maximum Gasteiger partial charge on any atom is 0.401 e. The number of hydrogen-bond acceptors (Lipinski definition) is 3. The maximum absolute atomic E-state index is 9.97. The molecule has 1 rings (SSSR count). The van der Waals surface area contributed by atoms with Gasteiger partial charge >= 0.3 is 12.7 Å². The highest BCUT2D eigenvalue weighted by atomic mass is 16.6. The van der Waals surface area contributed by atoms with E-state index in [1.807, 2.05) is 0 Å². The van der Waals surface area contributed by atoms with E-state index in [0.29, 0.717) is 4.74 Å². The zero-order valence-corrected chi connectivity index (χ0v) is 3.46. The van der Waals surface area contributed by atoms with E-state index >= 15 is 0 Å². The number of hydrogen-bond donors (Lipinski definition) is 0. The van der Waals surface area contributed by atoms with E-state index in [4.69, 9.17) is 0 Å². The third-order valence-corrected chi connectivity index (χ3v) is 0.583. The summed E-state index contributed by atoms with van der Waals surface area (Å²) >= 11 is 0. The van der Waals surface area contributed by atoms with Crippen molar-refractivity contribution in [2.75, 3.05) is 6.73 Å². The highest BCUT2D eigenvalue weighted by molar-refractivity contribution is 6.21. The van der Waals surface area contributed by atoms with Crippen molar-refractivity contribution in [3.05, 3.63) is 5.21 Å². The highest BCUT2D eigenvalue weighted by Gasteiger charge is 2.12. The predicted molar refractivity (Wildman–Crippen MR) is 20.7 cm³/mol. The Kier molecular flexibility index (Phi) is 0.714. The van der Waals surface area contributed by atoms with E-state index < -0.39 is 5.97 Å². The zero-order valence-electron chi connectivity index (χ0n) is 3.46. The number of rotatable bonds is 0. The Morgan fingerprint density at radius 2 is 2.71 bits per heavy atom. The van der Waals surface area contributed by atoms with Crippen molar-refractivity contribution < 1.29 is 14.3 Å². The topological polar surface area (TPSA) is 52.4 Å². The standard InChI is InChI=1S/C3H3NO3/c5-3-1-4(6)2-7-3/h1H,2H2. The Bertz CT molecular complexity index is 128. The molecule has 0 aromatic carbocycles. The van der Waals surface area contributed by atoms with Crippen LogP contribution in [0.3, 0.4) is 0 Å². The molecule has 4 nitrogen and oxygen atoms in total. The molecule has 0 aromatic heterocycles. The monoisotopic (exact) mass is 101 g/mol. The summed E-state index contributed by atoms with van der Waals surface area (Å²) in [5.74, 6) is -0.560. The summed E-state index contributed by atoms with van der Waals surface area (Å²) in [6.45, 7) is -0.154. The maximum atomic E-state index is 9.97. The molecule has 0 saturated heterocycles. The molecule has 0 radical (unpaired) electrons. The van der Waals surface area contributed by atoms with Gasteiger partial charge in [-0.3, -0.25) is 0 Å². The second-order valence-electron chi connectivity index (χ2n) is 1.14. The third-order valence-electron chi connectivity index (χ3n) is 0.583.